The van der Waals surface area contributed by atoms with Gasteiger partial charge in [-0.3, -0.25) is 4.79 Å². The van der Waals surface area contributed by atoms with E-state index in [9.17, 15) is 4.79 Å². The first-order valence-corrected chi connectivity index (χ1v) is 7.04. The van der Waals surface area contributed by atoms with E-state index in [2.05, 4.69) is 38.1 Å². The van der Waals surface area contributed by atoms with Gasteiger partial charge >= 0.3 is 5.97 Å². The lowest BCUT2D eigenvalue weighted by Gasteiger charge is -2.25. The molecule has 0 spiro atoms. The predicted octanol–water partition coefficient (Wildman–Crippen LogP) is 2.58. The van der Waals surface area contributed by atoms with E-state index in [4.69, 9.17) is 9.47 Å². The Hall–Kier alpha value is -1.35. The van der Waals surface area contributed by atoms with Gasteiger partial charge < -0.3 is 9.47 Å². The van der Waals surface area contributed by atoms with Crippen LogP contribution in [0, 0.1) is 11.8 Å². The molecule has 1 aromatic rings. The normalized spacial score (nSPS) is 33.5. The second-order valence-corrected chi connectivity index (χ2v) is 5.88. The summed E-state index contributed by atoms with van der Waals surface area (Å²) in [5, 5.41) is 0. The van der Waals surface area contributed by atoms with E-state index in [0.717, 1.165) is 6.42 Å². The molecule has 2 saturated heterocycles. The minimum Gasteiger partial charge on any atom is -0.459 e. The molecule has 2 fully saturated rings. The van der Waals surface area contributed by atoms with Gasteiger partial charge in [0.2, 0.25) is 0 Å². The van der Waals surface area contributed by atoms with Crippen molar-refractivity contribution in [3.05, 3.63) is 35.9 Å². The number of esters is 1. The Morgan fingerprint density at radius 1 is 1.26 bits per heavy atom. The third-order valence-electron chi connectivity index (χ3n) is 4.21. The van der Waals surface area contributed by atoms with Gasteiger partial charge in [0.1, 0.15) is 12.2 Å². The molecule has 3 heteroatoms. The quantitative estimate of drug-likeness (QED) is 0.784. The lowest BCUT2D eigenvalue weighted by molar-refractivity contribution is -0.143. The number of benzene rings is 1. The summed E-state index contributed by atoms with van der Waals surface area (Å²) in [5.74, 6) is 0.644. The monoisotopic (exact) mass is 260 g/mol. The zero-order valence-electron chi connectivity index (χ0n) is 11.4. The maximum absolute atomic E-state index is 11.4. The van der Waals surface area contributed by atoms with Gasteiger partial charge in [0.05, 0.1) is 12.5 Å². The Morgan fingerprint density at radius 3 is 2.68 bits per heavy atom. The van der Waals surface area contributed by atoms with Crippen LogP contribution in [-0.4, -0.2) is 24.3 Å². The van der Waals surface area contributed by atoms with E-state index < -0.39 is 0 Å². The molecule has 0 N–H and O–H groups in total. The summed E-state index contributed by atoms with van der Waals surface area (Å²) < 4.78 is 11.6. The Kier molecular flexibility index (Phi) is 3.31. The minimum atomic E-state index is -0.112. The minimum absolute atomic E-state index is 0.0337. The summed E-state index contributed by atoms with van der Waals surface area (Å²) in [7, 11) is 0. The van der Waals surface area contributed by atoms with Crippen LogP contribution in [0.3, 0.4) is 0 Å². The molecular formula is C16H20O3. The Morgan fingerprint density at radius 2 is 2.00 bits per heavy atom. The van der Waals surface area contributed by atoms with Gasteiger partial charge in [0.15, 0.2) is 0 Å². The molecule has 0 radical (unpaired) electrons. The molecule has 1 aromatic carbocycles. The van der Waals surface area contributed by atoms with Crippen molar-refractivity contribution in [3.8, 4) is 0 Å². The summed E-state index contributed by atoms with van der Waals surface area (Å²) in [4.78, 5) is 11.4. The van der Waals surface area contributed by atoms with Crippen molar-refractivity contribution in [3.63, 3.8) is 0 Å². The molecule has 0 aliphatic carbocycles. The van der Waals surface area contributed by atoms with Crippen molar-refractivity contribution in [2.45, 2.75) is 45.0 Å². The number of hydrogen-bond acceptors (Lipinski definition) is 3. The number of ether oxygens (including phenoxy) is 2. The van der Waals surface area contributed by atoms with Crippen LogP contribution in [0.4, 0.5) is 0 Å². The first-order valence-electron chi connectivity index (χ1n) is 7.04. The first kappa shape index (κ1) is 12.7. The first-order chi connectivity index (χ1) is 9.15. The SMILES string of the molecule is CC(C)[C@@H]1C(Cc2ccccc2)O[C@@H]2CC(=O)O[C@H]12. The number of fused-ring (bicyclic) bond motifs is 1. The van der Waals surface area contributed by atoms with Crippen molar-refractivity contribution < 1.29 is 14.3 Å². The average Bonchev–Trinajstić information content (AvgIpc) is 2.85. The molecule has 3 rings (SSSR count). The van der Waals surface area contributed by atoms with Crippen LogP contribution in [0.2, 0.25) is 0 Å². The maximum atomic E-state index is 11.4. The van der Waals surface area contributed by atoms with Crippen LogP contribution < -0.4 is 0 Å². The summed E-state index contributed by atoms with van der Waals surface area (Å²) in [6, 6.07) is 10.4. The maximum Gasteiger partial charge on any atom is 0.308 e. The van der Waals surface area contributed by atoms with Crippen LogP contribution in [0.15, 0.2) is 30.3 Å². The summed E-state index contributed by atoms with van der Waals surface area (Å²) in [5.41, 5.74) is 1.28. The van der Waals surface area contributed by atoms with Crippen LogP contribution in [0.25, 0.3) is 0 Å². The number of rotatable bonds is 3. The predicted molar refractivity (Wildman–Crippen MR) is 71.6 cm³/mol. The number of carbonyl (C=O) groups excluding carboxylic acids is 1. The summed E-state index contributed by atoms with van der Waals surface area (Å²) in [6.45, 7) is 4.36. The molecule has 2 aliphatic heterocycles. The van der Waals surface area contributed by atoms with Gasteiger partial charge in [-0.05, 0) is 17.9 Å². The standard InChI is InChI=1S/C16H20O3/c1-10(2)15-12(8-11-6-4-3-5-7-11)18-13-9-14(17)19-16(13)15/h3-7,10,12-13,15-16H,8-9H2,1-2H3/t12?,13-,15-,16+/m1/s1. The Bertz CT molecular complexity index is 454. The second kappa shape index (κ2) is 4.97. The molecule has 1 unspecified atom stereocenters. The van der Waals surface area contributed by atoms with Gasteiger partial charge in [0, 0.05) is 5.92 Å². The molecule has 4 atom stereocenters. The fourth-order valence-electron chi connectivity index (χ4n) is 3.37. The van der Waals surface area contributed by atoms with E-state index in [0.29, 0.717) is 18.3 Å². The highest BCUT2D eigenvalue weighted by atomic mass is 16.6. The molecule has 19 heavy (non-hydrogen) atoms. The van der Waals surface area contributed by atoms with Crippen molar-refractivity contribution in [1.82, 2.24) is 0 Å². The Balaban J connectivity index is 1.77. The summed E-state index contributed by atoms with van der Waals surface area (Å²) in [6.07, 6.45) is 1.40. The van der Waals surface area contributed by atoms with Crippen LogP contribution in [-0.2, 0) is 20.7 Å². The van der Waals surface area contributed by atoms with Crippen molar-refractivity contribution in [1.29, 1.82) is 0 Å². The summed E-state index contributed by atoms with van der Waals surface area (Å²) >= 11 is 0. The Labute approximate surface area is 113 Å². The van der Waals surface area contributed by atoms with E-state index in [1.807, 2.05) is 6.07 Å². The molecule has 3 nitrogen and oxygen atoms in total. The zero-order valence-corrected chi connectivity index (χ0v) is 11.4. The molecule has 0 aromatic heterocycles. The van der Waals surface area contributed by atoms with Crippen LogP contribution in [0.1, 0.15) is 25.8 Å². The highest BCUT2D eigenvalue weighted by Crippen LogP contribution is 2.41. The molecule has 2 aliphatic rings. The van der Waals surface area contributed by atoms with Crippen molar-refractivity contribution in [2.24, 2.45) is 11.8 Å². The number of carbonyl (C=O) groups is 1. The fraction of sp³-hybridized carbons (Fsp3) is 0.562. The van der Waals surface area contributed by atoms with Crippen molar-refractivity contribution >= 4 is 5.97 Å². The van der Waals surface area contributed by atoms with Gasteiger partial charge in [-0.1, -0.05) is 44.2 Å². The van der Waals surface area contributed by atoms with E-state index in [1.165, 1.54) is 5.56 Å². The third-order valence-corrected chi connectivity index (χ3v) is 4.21. The van der Waals surface area contributed by atoms with Gasteiger partial charge in [-0.15, -0.1) is 0 Å². The van der Waals surface area contributed by atoms with Crippen LogP contribution in [0.5, 0.6) is 0 Å². The fourth-order valence-corrected chi connectivity index (χ4v) is 3.37. The van der Waals surface area contributed by atoms with Crippen LogP contribution >= 0.6 is 0 Å². The largest absolute Gasteiger partial charge is 0.459 e. The highest BCUT2D eigenvalue weighted by molar-refractivity contribution is 5.72. The molecule has 102 valence electrons. The zero-order chi connectivity index (χ0) is 13.4. The second-order valence-electron chi connectivity index (χ2n) is 5.88. The molecule has 0 amide bonds. The topological polar surface area (TPSA) is 35.5 Å². The van der Waals surface area contributed by atoms with Gasteiger partial charge in [-0.25, -0.2) is 0 Å². The average molecular weight is 260 g/mol. The smallest absolute Gasteiger partial charge is 0.308 e. The lowest BCUT2D eigenvalue weighted by Crippen LogP contribution is -2.32. The van der Waals surface area contributed by atoms with Gasteiger partial charge in [0.25, 0.3) is 0 Å². The molecule has 2 heterocycles. The van der Waals surface area contributed by atoms with E-state index >= 15 is 0 Å². The molecule has 0 bridgehead atoms. The molecular weight excluding hydrogens is 240 g/mol. The van der Waals surface area contributed by atoms with E-state index in [-0.39, 0.29) is 24.3 Å². The number of hydrogen-bond donors (Lipinski definition) is 0. The van der Waals surface area contributed by atoms with E-state index in [1.54, 1.807) is 0 Å². The highest BCUT2D eigenvalue weighted by Gasteiger charge is 2.52. The third kappa shape index (κ3) is 2.39. The lowest BCUT2D eigenvalue weighted by atomic mass is 9.84. The van der Waals surface area contributed by atoms with Gasteiger partial charge in [-0.2, -0.15) is 0 Å². The molecule has 0 saturated carbocycles. The van der Waals surface area contributed by atoms with Crippen molar-refractivity contribution in [2.75, 3.05) is 0 Å².